The Morgan fingerprint density at radius 3 is 2.31 bits per heavy atom. The van der Waals surface area contributed by atoms with E-state index in [-0.39, 0.29) is 11.3 Å². The Bertz CT molecular complexity index is 1320. The molecule has 1 amide bonds. The zero-order chi connectivity index (χ0) is 27.9. The van der Waals surface area contributed by atoms with E-state index in [0.717, 1.165) is 24.8 Å². The topological polar surface area (TPSA) is 76.1 Å². The molecule has 0 radical (unpaired) electrons. The van der Waals surface area contributed by atoms with Gasteiger partial charge in [-0.1, -0.05) is 63.4 Å². The minimum atomic E-state index is -0.819. The van der Waals surface area contributed by atoms with Crippen LogP contribution in [0.5, 0.6) is 11.5 Å². The van der Waals surface area contributed by atoms with E-state index in [1.165, 1.54) is 4.90 Å². The summed E-state index contributed by atoms with van der Waals surface area (Å²) in [5.41, 5.74) is 2.77. The third-order valence-electron chi connectivity index (χ3n) is 6.66. The zero-order valence-corrected chi connectivity index (χ0v) is 23.1. The quantitative estimate of drug-likeness (QED) is 0.123. The number of nitrogens with zero attached hydrogens (tertiary/aromatic N) is 1. The molecule has 3 aromatic rings. The number of aliphatic hydroxyl groups is 1. The summed E-state index contributed by atoms with van der Waals surface area (Å²) in [4.78, 5) is 28.3. The van der Waals surface area contributed by atoms with Crippen LogP contribution in [0.2, 0.25) is 0 Å². The highest BCUT2D eigenvalue weighted by molar-refractivity contribution is 6.51. The normalized spacial score (nSPS) is 16.6. The highest BCUT2D eigenvalue weighted by Gasteiger charge is 2.47. The van der Waals surface area contributed by atoms with Crippen LogP contribution in [0, 0.1) is 12.8 Å². The molecule has 0 aliphatic carbocycles. The van der Waals surface area contributed by atoms with Crippen LogP contribution in [0.3, 0.4) is 0 Å². The van der Waals surface area contributed by atoms with Crippen molar-refractivity contribution in [3.8, 4) is 11.5 Å². The van der Waals surface area contributed by atoms with Gasteiger partial charge in [0, 0.05) is 11.3 Å². The number of anilines is 1. The number of aliphatic hydroxyl groups excluding tert-OH is 1. The van der Waals surface area contributed by atoms with Crippen molar-refractivity contribution in [1.29, 1.82) is 0 Å². The van der Waals surface area contributed by atoms with Crippen LogP contribution in [0.1, 0.15) is 62.8 Å². The van der Waals surface area contributed by atoms with Crippen molar-refractivity contribution in [1.82, 2.24) is 0 Å². The summed E-state index contributed by atoms with van der Waals surface area (Å²) in [7, 11) is 0. The Labute approximate surface area is 230 Å². The Balaban J connectivity index is 1.75. The molecule has 1 aliphatic rings. The maximum Gasteiger partial charge on any atom is 0.300 e. The van der Waals surface area contributed by atoms with Crippen LogP contribution in [0.25, 0.3) is 5.76 Å². The summed E-state index contributed by atoms with van der Waals surface area (Å²) < 4.78 is 11.7. The van der Waals surface area contributed by atoms with Crippen molar-refractivity contribution in [3.05, 3.63) is 95.1 Å². The van der Waals surface area contributed by atoms with Crippen LogP contribution < -0.4 is 14.4 Å². The molecule has 1 aliphatic heterocycles. The highest BCUT2D eigenvalue weighted by Crippen LogP contribution is 2.43. The number of amides is 1. The lowest BCUT2D eigenvalue weighted by Gasteiger charge is -2.26. The number of carbonyl (C=O) groups is 2. The molecule has 39 heavy (non-hydrogen) atoms. The summed E-state index contributed by atoms with van der Waals surface area (Å²) in [6.07, 6.45) is 3.19. The molecule has 1 atom stereocenters. The molecule has 1 heterocycles. The standard InChI is InChI=1S/C33H37NO5/c1-5-6-7-19-38-27-17-13-24(14-18-27)31(35)29-30(25-9-8-10-28(20-25)39-21-22(2)3)34(33(37)32(29)36)26-15-11-23(4)12-16-26/h8-18,20,22,30,35H,5-7,19,21H2,1-4H3/b31-29-. The van der Waals surface area contributed by atoms with Crippen LogP contribution in [0.15, 0.2) is 78.4 Å². The summed E-state index contributed by atoms with van der Waals surface area (Å²) in [6, 6.07) is 20.9. The first-order chi connectivity index (χ1) is 18.8. The third kappa shape index (κ3) is 6.51. The molecule has 3 aromatic carbocycles. The van der Waals surface area contributed by atoms with E-state index in [2.05, 4.69) is 20.8 Å². The van der Waals surface area contributed by atoms with Crippen molar-refractivity contribution in [3.63, 3.8) is 0 Å². The lowest BCUT2D eigenvalue weighted by molar-refractivity contribution is -0.132. The van der Waals surface area contributed by atoms with Crippen LogP contribution in [0.4, 0.5) is 5.69 Å². The van der Waals surface area contributed by atoms with Gasteiger partial charge in [0.05, 0.1) is 24.8 Å². The largest absolute Gasteiger partial charge is 0.507 e. The van der Waals surface area contributed by atoms with Crippen molar-refractivity contribution in [2.45, 2.75) is 53.0 Å². The first kappa shape index (κ1) is 28.0. The first-order valence-corrected chi connectivity index (χ1v) is 13.6. The molecule has 1 unspecified atom stereocenters. The van der Waals surface area contributed by atoms with Crippen LogP contribution in [-0.4, -0.2) is 30.0 Å². The van der Waals surface area contributed by atoms with E-state index >= 15 is 0 Å². The van der Waals surface area contributed by atoms with E-state index in [1.807, 2.05) is 55.5 Å². The maximum atomic E-state index is 13.5. The SMILES string of the molecule is CCCCCOc1ccc(/C(O)=C2/C(=O)C(=O)N(c3ccc(C)cc3)C2c2cccc(OCC(C)C)c2)cc1. The molecule has 6 nitrogen and oxygen atoms in total. The van der Waals surface area contributed by atoms with E-state index in [9.17, 15) is 14.7 Å². The Morgan fingerprint density at radius 2 is 1.64 bits per heavy atom. The second-order valence-electron chi connectivity index (χ2n) is 10.4. The van der Waals surface area contributed by atoms with Gasteiger partial charge in [0.1, 0.15) is 17.3 Å². The minimum absolute atomic E-state index is 0.0400. The number of hydrogen-bond donors (Lipinski definition) is 1. The summed E-state index contributed by atoms with van der Waals surface area (Å²) >= 11 is 0. The van der Waals surface area contributed by atoms with Crippen molar-refractivity contribution < 1.29 is 24.2 Å². The zero-order valence-electron chi connectivity index (χ0n) is 23.1. The molecule has 0 bridgehead atoms. The second kappa shape index (κ2) is 12.7. The average molecular weight is 528 g/mol. The lowest BCUT2D eigenvalue weighted by atomic mass is 9.95. The van der Waals surface area contributed by atoms with Gasteiger partial charge in [-0.15, -0.1) is 0 Å². The predicted molar refractivity (Wildman–Crippen MR) is 154 cm³/mol. The van der Waals surface area contributed by atoms with Gasteiger partial charge in [-0.2, -0.15) is 0 Å². The third-order valence-corrected chi connectivity index (χ3v) is 6.66. The lowest BCUT2D eigenvalue weighted by Crippen LogP contribution is -2.29. The molecule has 6 heteroatoms. The Kier molecular flexibility index (Phi) is 9.07. The second-order valence-corrected chi connectivity index (χ2v) is 10.4. The first-order valence-electron chi connectivity index (χ1n) is 13.6. The monoisotopic (exact) mass is 527 g/mol. The molecule has 0 spiro atoms. The van der Waals surface area contributed by atoms with E-state index in [0.29, 0.717) is 47.4 Å². The number of hydrogen-bond acceptors (Lipinski definition) is 5. The van der Waals surface area contributed by atoms with E-state index in [1.54, 1.807) is 24.3 Å². The van der Waals surface area contributed by atoms with Gasteiger partial charge in [0.2, 0.25) is 0 Å². The minimum Gasteiger partial charge on any atom is -0.507 e. The molecule has 1 saturated heterocycles. The smallest absolute Gasteiger partial charge is 0.300 e. The molecule has 1 N–H and O–H groups in total. The molecule has 0 aromatic heterocycles. The number of ketones is 1. The number of rotatable bonds is 11. The number of aryl methyl sites for hydroxylation is 1. The molecular weight excluding hydrogens is 490 g/mol. The molecule has 4 rings (SSSR count). The molecule has 1 fully saturated rings. The van der Waals surface area contributed by atoms with Gasteiger partial charge in [-0.25, -0.2) is 0 Å². The fraction of sp³-hybridized carbons (Fsp3) is 0.333. The van der Waals surface area contributed by atoms with Gasteiger partial charge < -0.3 is 14.6 Å². The fourth-order valence-corrected chi connectivity index (χ4v) is 4.56. The van der Waals surface area contributed by atoms with Gasteiger partial charge in [0.15, 0.2) is 0 Å². The summed E-state index contributed by atoms with van der Waals surface area (Å²) in [5.74, 6) is 0.0280. The summed E-state index contributed by atoms with van der Waals surface area (Å²) in [5, 5.41) is 11.4. The van der Waals surface area contributed by atoms with Crippen molar-refractivity contribution in [2.24, 2.45) is 5.92 Å². The number of Topliss-reactive ketones (excluding diaryl/α,β-unsaturated/α-hetero) is 1. The van der Waals surface area contributed by atoms with Gasteiger partial charge in [-0.05, 0) is 73.4 Å². The number of benzene rings is 3. The van der Waals surface area contributed by atoms with Crippen LogP contribution in [-0.2, 0) is 9.59 Å². The number of ether oxygens (including phenoxy) is 2. The van der Waals surface area contributed by atoms with Gasteiger partial charge in [-0.3, -0.25) is 14.5 Å². The van der Waals surface area contributed by atoms with Crippen LogP contribution >= 0.6 is 0 Å². The van der Waals surface area contributed by atoms with E-state index in [4.69, 9.17) is 9.47 Å². The fourth-order valence-electron chi connectivity index (χ4n) is 4.56. The predicted octanol–water partition coefficient (Wildman–Crippen LogP) is 7.23. The van der Waals surface area contributed by atoms with Gasteiger partial charge >= 0.3 is 0 Å². The molecule has 204 valence electrons. The molecule has 0 saturated carbocycles. The Morgan fingerprint density at radius 1 is 0.923 bits per heavy atom. The maximum absolute atomic E-state index is 13.5. The van der Waals surface area contributed by atoms with Crippen molar-refractivity contribution in [2.75, 3.05) is 18.1 Å². The number of carbonyl (C=O) groups excluding carboxylic acids is 2. The Hall–Kier alpha value is -4.06. The van der Waals surface area contributed by atoms with Gasteiger partial charge in [0.25, 0.3) is 11.7 Å². The van der Waals surface area contributed by atoms with Crippen molar-refractivity contribution >= 4 is 23.1 Å². The highest BCUT2D eigenvalue weighted by atomic mass is 16.5. The average Bonchev–Trinajstić information content (AvgIpc) is 3.20. The molecular formula is C33H37NO5. The summed E-state index contributed by atoms with van der Waals surface area (Å²) in [6.45, 7) is 9.39. The van der Waals surface area contributed by atoms with E-state index < -0.39 is 17.7 Å². The number of unbranched alkanes of at least 4 members (excludes halogenated alkanes) is 2.